The molecule has 1 aliphatic rings. The molecule has 1 atom stereocenters. The number of hydrogen-bond acceptors (Lipinski definition) is 1. The van der Waals surface area contributed by atoms with Crippen LogP contribution in [0.25, 0.3) is 0 Å². The molecule has 1 saturated heterocycles. The van der Waals surface area contributed by atoms with E-state index in [2.05, 4.69) is 41.8 Å². The Kier molecular flexibility index (Phi) is 5.27. The van der Waals surface area contributed by atoms with E-state index >= 15 is 0 Å². The van der Waals surface area contributed by atoms with Crippen molar-refractivity contribution in [2.75, 3.05) is 6.54 Å². The molecule has 2 radical (unpaired) electrons. The molecule has 1 fully saturated rings. The van der Waals surface area contributed by atoms with Crippen LogP contribution in [0, 0.1) is 0 Å². The second-order valence-corrected chi connectivity index (χ2v) is 6.34. The van der Waals surface area contributed by atoms with E-state index in [4.69, 9.17) is 0 Å². The van der Waals surface area contributed by atoms with Crippen molar-refractivity contribution in [1.82, 2.24) is 4.57 Å². The van der Waals surface area contributed by atoms with Crippen LogP contribution in [0.5, 0.6) is 0 Å². The standard InChI is InChI=1S/C15H23NSi/c1-2-3-5-9-14-10-8-13-16(14)17-15-11-6-4-7-12-15/h4,6-7,11-12,14H,2-3,5,8-10,13H2,1H3. The van der Waals surface area contributed by atoms with Crippen molar-refractivity contribution >= 4 is 14.9 Å². The molecular weight excluding hydrogens is 222 g/mol. The minimum atomic E-state index is 0.861. The van der Waals surface area contributed by atoms with Gasteiger partial charge in [0.1, 0.15) is 0 Å². The molecule has 0 N–H and O–H groups in total. The Morgan fingerprint density at radius 1 is 1.24 bits per heavy atom. The second kappa shape index (κ2) is 6.97. The number of hydrogen-bond donors (Lipinski definition) is 0. The van der Waals surface area contributed by atoms with Crippen LogP contribution in [-0.4, -0.2) is 26.8 Å². The van der Waals surface area contributed by atoms with Crippen LogP contribution in [0.2, 0.25) is 0 Å². The molecule has 1 aliphatic heterocycles. The van der Waals surface area contributed by atoms with Crippen molar-refractivity contribution < 1.29 is 0 Å². The molecule has 1 nitrogen and oxygen atoms in total. The first-order valence-corrected chi connectivity index (χ1v) is 7.93. The first-order valence-electron chi connectivity index (χ1n) is 6.98. The third kappa shape index (κ3) is 3.97. The first-order chi connectivity index (χ1) is 8.40. The van der Waals surface area contributed by atoms with Crippen LogP contribution >= 0.6 is 0 Å². The summed E-state index contributed by atoms with van der Waals surface area (Å²) in [6.45, 7) is 3.60. The van der Waals surface area contributed by atoms with Gasteiger partial charge in [-0.1, -0.05) is 56.5 Å². The van der Waals surface area contributed by atoms with Gasteiger partial charge in [-0.2, -0.15) is 0 Å². The maximum atomic E-state index is 2.71. The summed E-state index contributed by atoms with van der Waals surface area (Å²) in [5.74, 6) is 0. The second-order valence-electron chi connectivity index (χ2n) is 4.96. The third-order valence-corrected chi connectivity index (χ3v) is 5.03. The van der Waals surface area contributed by atoms with Gasteiger partial charge in [-0.05, 0) is 31.0 Å². The number of nitrogens with zero attached hydrogens (tertiary/aromatic N) is 1. The Balaban J connectivity index is 1.82. The Bertz CT molecular complexity index is 312. The Labute approximate surface area is 108 Å². The normalized spacial score (nSPS) is 20.9. The van der Waals surface area contributed by atoms with Crippen molar-refractivity contribution in [2.45, 2.75) is 51.5 Å². The molecule has 2 heteroatoms. The quantitative estimate of drug-likeness (QED) is 0.550. The molecule has 0 spiro atoms. The first kappa shape index (κ1) is 12.8. The highest BCUT2D eigenvalue weighted by molar-refractivity contribution is 6.50. The summed E-state index contributed by atoms with van der Waals surface area (Å²) < 4.78 is 2.71. The van der Waals surface area contributed by atoms with Crippen LogP contribution < -0.4 is 5.19 Å². The lowest BCUT2D eigenvalue weighted by Gasteiger charge is -2.23. The van der Waals surface area contributed by atoms with E-state index < -0.39 is 0 Å². The zero-order valence-corrected chi connectivity index (χ0v) is 11.9. The molecule has 0 amide bonds. The largest absolute Gasteiger partial charge is 0.319 e. The molecule has 1 heterocycles. The van der Waals surface area contributed by atoms with E-state index in [9.17, 15) is 0 Å². The van der Waals surface area contributed by atoms with Crippen LogP contribution in [-0.2, 0) is 0 Å². The van der Waals surface area contributed by atoms with E-state index in [1.54, 1.807) is 0 Å². The molecule has 2 rings (SSSR count). The van der Waals surface area contributed by atoms with Gasteiger partial charge in [0.25, 0.3) is 0 Å². The zero-order chi connectivity index (χ0) is 11.9. The van der Waals surface area contributed by atoms with Gasteiger partial charge in [0.2, 0.25) is 0 Å². The van der Waals surface area contributed by atoms with Gasteiger partial charge in [-0.3, -0.25) is 0 Å². The monoisotopic (exact) mass is 245 g/mol. The lowest BCUT2D eigenvalue weighted by Crippen LogP contribution is -2.39. The highest BCUT2D eigenvalue weighted by Crippen LogP contribution is 2.21. The van der Waals surface area contributed by atoms with Crippen molar-refractivity contribution in [2.24, 2.45) is 0 Å². The molecule has 1 unspecified atom stereocenters. The molecule has 0 aliphatic carbocycles. The number of unbranched alkanes of at least 4 members (excludes halogenated alkanes) is 2. The van der Waals surface area contributed by atoms with Crippen molar-refractivity contribution in [3.63, 3.8) is 0 Å². The summed E-state index contributed by atoms with van der Waals surface area (Å²) in [7, 11) is 0.884. The SMILES string of the molecule is CCCCCC1CCCN1[Si]c1ccccc1. The average molecular weight is 245 g/mol. The maximum absolute atomic E-state index is 2.71. The highest BCUT2D eigenvalue weighted by atomic mass is 28.2. The van der Waals surface area contributed by atoms with E-state index in [0.717, 1.165) is 15.7 Å². The minimum absolute atomic E-state index is 0.861. The highest BCUT2D eigenvalue weighted by Gasteiger charge is 2.24. The van der Waals surface area contributed by atoms with Crippen LogP contribution in [0.1, 0.15) is 45.4 Å². The summed E-state index contributed by atoms with van der Waals surface area (Å²) in [5, 5.41) is 1.50. The molecule has 1 aromatic rings. The van der Waals surface area contributed by atoms with Gasteiger partial charge in [-0.25, -0.2) is 0 Å². The molecule has 92 valence electrons. The van der Waals surface area contributed by atoms with Gasteiger partial charge >= 0.3 is 0 Å². The lowest BCUT2D eigenvalue weighted by molar-refractivity contribution is 0.379. The van der Waals surface area contributed by atoms with Crippen LogP contribution in [0.15, 0.2) is 30.3 Å². The van der Waals surface area contributed by atoms with Gasteiger partial charge in [-0.15, -0.1) is 0 Å². The van der Waals surface area contributed by atoms with Crippen LogP contribution in [0.4, 0.5) is 0 Å². The fourth-order valence-electron chi connectivity index (χ4n) is 2.59. The number of rotatable bonds is 6. The van der Waals surface area contributed by atoms with E-state index in [1.807, 2.05) is 0 Å². The van der Waals surface area contributed by atoms with Crippen molar-refractivity contribution in [3.8, 4) is 0 Å². The molecule has 0 saturated carbocycles. The molecule has 0 bridgehead atoms. The minimum Gasteiger partial charge on any atom is -0.319 e. The third-order valence-electron chi connectivity index (χ3n) is 3.56. The van der Waals surface area contributed by atoms with E-state index in [1.165, 1.54) is 50.3 Å². The van der Waals surface area contributed by atoms with Crippen LogP contribution in [0.3, 0.4) is 0 Å². The lowest BCUT2D eigenvalue weighted by atomic mass is 10.1. The summed E-state index contributed by atoms with van der Waals surface area (Å²) in [5.41, 5.74) is 0. The maximum Gasteiger partial charge on any atom is 0.182 e. The smallest absolute Gasteiger partial charge is 0.182 e. The van der Waals surface area contributed by atoms with Gasteiger partial charge < -0.3 is 4.57 Å². The van der Waals surface area contributed by atoms with E-state index in [0.29, 0.717) is 0 Å². The Morgan fingerprint density at radius 3 is 2.82 bits per heavy atom. The molecular formula is C15H23NSi. The van der Waals surface area contributed by atoms with Gasteiger partial charge in [0.05, 0.1) is 0 Å². The fourth-order valence-corrected chi connectivity index (χ4v) is 3.98. The fraction of sp³-hybridized carbons (Fsp3) is 0.600. The van der Waals surface area contributed by atoms with Crippen molar-refractivity contribution in [3.05, 3.63) is 30.3 Å². The number of benzene rings is 1. The predicted molar refractivity (Wildman–Crippen MR) is 75.7 cm³/mol. The van der Waals surface area contributed by atoms with E-state index in [-0.39, 0.29) is 0 Å². The summed E-state index contributed by atoms with van der Waals surface area (Å²) >= 11 is 0. The zero-order valence-electron chi connectivity index (χ0n) is 10.9. The predicted octanol–water partition coefficient (Wildman–Crippen LogP) is 2.98. The topological polar surface area (TPSA) is 3.24 Å². The Morgan fingerprint density at radius 2 is 2.06 bits per heavy atom. The van der Waals surface area contributed by atoms with Gasteiger partial charge in [0.15, 0.2) is 9.68 Å². The molecule has 0 aromatic heterocycles. The summed E-state index contributed by atoms with van der Waals surface area (Å²) in [6.07, 6.45) is 8.39. The molecule has 1 aromatic carbocycles. The van der Waals surface area contributed by atoms with Gasteiger partial charge in [0, 0.05) is 6.04 Å². The summed E-state index contributed by atoms with van der Waals surface area (Å²) in [4.78, 5) is 0. The molecule has 17 heavy (non-hydrogen) atoms. The average Bonchev–Trinajstić information content (AvgIpc) is 2.79. The summed E-state index contributed by atoms with van der Waals surface area (Å²) in [6, 6.07) is 11.8. The van der Waals surface area contributed by atoms with Crippen molar-refractivity contribution in [1.29, 1.82) is 0 Å². The Hall–Kier alpha value is -0.603.